The molecule has 152 valence electrons. The molecule has 1 aliphatic heterocycles. The summed E-state index contributed by atoms with van der Waals surface area (Å²) >= 11 is 0. The maximum absolute atomic E-state index is 14.0. The van der Waals surface area contributed by atoms with E-state index in [0.717, 1.165) is 17.2 Å². The maximum atomic E-state index is 14.0. The van der Waals surface area contributed by atoms with Gasteiger partial charge >= 0.3 is 0 Å². The molecule has 4 nitrogen and oxygen atoms in total. The molecule has 30 heavy (non-hydrogen) atoms. The summed E-state index contributed by atoms with van der Waals surface area (Å²) in [7, 11) is -4.12. The molecule has 3 aromatic rings. The molecule has 0 amide bonds. The van der Waals surface area contributed by atoms with Gasteiger partial charge in [-0.25, -0.2) is 12.8 Å². The zero-order chi connectivity index (χ0) is 21.6. The Bertz CT molecular complexity index is 1310. The second-order valence-corrected chi connectivity index (χ2v) is 9.35. The number of sulfone groups is 1. The molecule has 6 heteroatoms. The largest absolute Gasteiger partial charge is 0.314 e. The van der Waals surface area contributed by atoms with Gasteiger partial charge in [0.2, 0.25) is 15.6 Å². The lowest BCUT2D eigenvalue weighted by Crippen LogP contribution is -2.26. The average molecular weight is 421 g/mol. The van der Waals surface area contributed by atoms with Gasteiger partial charge in [0.05, 0.1) is 10.6 Å². The number of halogens is 1. The number of rotatable bonds is 3. The number of hydrogen-bond donors (Lipinski definition) is 0. The van der Waals surface area contributed by atoms with Crippen molar-refractivity contribution in [3.63, 3.8) is 0 Å². The first-order chi connectivity index (χ1) is 14.2. The lowest BCUT2D eigenvalue weighted by molar-refractivity contribution is 0.104. The minimum absolute atomic E-state index is 0.0971. The molecular formula is C24H20FNO3S. The number of ketones is 1. The van der Waals surface area contributed by atoms with Crippen LogP contribution in [0.2, 0.25) is 0 Å². The molecule has 3 aromatic carbocycles. The van der Waals surface area contributed by atoms with Crippen molar-refractivity contribution in [1.82, 2.24) is 0 Å². The molecule has 0 fully saturated rings. The molecule has 0 saturated heterocycles. The van der Waals surface area contributed by atoms with Crippen LogP contribution in [-0.2, 0) is 9.84 Å². The monoisotopic (exact) mass is 421 g/mol. The van der Waals surface area contributed by atoms with E-state index in [0.29, 0.717) is 16.8 Å². The second-order valence-electron chi connectivity index (χ2n) is 7.46. The van der Waals surface area contributed by atoms with Gasteiger partial charge in [0.1, 0.15) is 10.7 Å². The summed E-state index contributed by atoms with van der Waals surface area (Å²) in [4.78, 5) is 14.4. The molecule has 0 aliphatic carbocycles. The van der Waals surface area contributed by atoms with Crippen molar-refractivity contribution in [3.8, 4) is 0 Å². The van der Waals surface area contributed by atoms with Gasteiger partial charge in [-0.1, -0.05) is 41.5 Å². The topological polar surface area (TPSA) is 54.5 Å². The van der Waals surface area contributed by atoms with Crippen molar-refractivity contribution in [3.05, 3.63) is 99.8 Å². The number of carbonyl (C=O) groups excluding carboxylic acids is 1. The molecule has 0 bridgehead atoms. The first-order valence-corrected chi connectivity index (χ1v) is 10.9. The van der Waals surface area contributed by atoms with Crippen molar-refractivity contribution in [1.29, 1.82) is 0 Å². The first-order valence-electron chi connectivity index (χ1n) is 9.43. The van der Waals surface area contributed by atoms with E-state index in [1.807, 2.05) is 32.0 Å². The third-order valence-electron chi connectivity index (χ3n) is 5.17. The Balaban J connectivity index is 1.94. The third-order valence-corrected chi connectivity index (χ3v) is 6.96. The highest BCUT2D eigenvalue weighted by Crippen LogP contribution is 2.41. The summed E-state index contributed by atoms with van der Waals surface area (Å²) in [6.07, 6.45) is 1.30. The van der Waals surface area contributed by atoms with Crippen molar-refractivity contribution in [2.24, 2.45) is 0 Å². The van der Waals surface area contributed by atoms with Crippen LogP contribution < -0.4 is 4.90 Å². The Morgan fingerprint density at radius 1 is 0.867 bits per heavy atom. The molecule has 1 aliphatic rings. The fraction of sp³-hybridized carbons (Fsp3) is 0.125. The molecule has 4 rings (SSSR count). The maximum Gasteiger partial charge on any atom is 0.214 e. The smallest absolute Gasteiger partial charge is 0.214 e. The predicted molar refractivity (Wildman–Crippen MR) is 115 cm³/mol. The molecule has 0 spiro atoms. The molecule has 0 N–H and O–H groups in total. The van der Waals surface area contributed by atoms with Gasteiger partial charge in [-0.2, -0.15) is 0 Å². The molecule has 0 radical (unpaired) electrons. The summed E-state index contributed by atoms with van der Waals surface area (Å²) < 4.78 is 40.6. The van der Waals surface area contributed by atoms with Gasteiger partial charge in [-0.3, -0.25) is 4.79 Å². The Kier molecular flexibility index (Phi) is 4.82. The van der Waals surface area contributed by atoms with Crippen LogP contribution in [0.5, 0.6) is 0 Å². The molecule has 1 heterocycles. The molecular weight excluding hydrogens is 401 g/mol. The summed E-state index contributed by atoms with van der Waals surface area (Å²) in [6.45, 7) is 5.61. The molecule has 0 atom stereocenters. The van der Waals surface area contributed by atoms with Gasteiger partial charge in [0, 0.05) is 17.5 Å². The summed E-state index contributed by atoms with van der Waals surface area (Å²) in [5.74, 6) is -1.14. The van der Waals surface area contributed by atoms with Crippen LogP contribution in [-0.4, -0.2) is 14.2 Å². The summed E-state index contributed by atoms with van der Waals surface area (Å²) in [6, 6.07) is 16.1. The highest BCUT2D eigenvalue weighted by atomic mass is 32.2. The van der Waals surface area contributed by atoms with Crippen LogP contribution >= 0.6 is 0 Å². The van der Waals surface area contributed by atoms with Crippen LogP contribution in [0.3, 0.4) is 0 Å². The standard InChI is InChI=1S/C24H20FNO3S/c1-15-4-8-19(9-5-15)26-14-23(24(27)20-10-6-16(2)12-17(20)3)30(28,29)22-11-7-18(25)13-21(22)26/h4-14H,1-3H3. The average Bonchev–Trinajstić information content (AvgIpc) is 2.68. The number of allylic oxidation sites excluding steroid dienone is 1. The zero-order valence-corrected chi connectivity index (χ0v) is 17.6. The number of Topliss-reactive ketones (excluding diaryl/α,β-unsaturated/α-hetero) is 1. The molecule has 0 unspecified atom stereocenters. The summed E-state index contributed by atoms with van der Waals surface area (Å²) in [5, 5.41) is 0. The van der Waals surface area contributed by atoms with E-state index in [9.17, 15) is 17.6 Å². The summed E-state index contributed by atoms with van der Waals surface area (Å²) in [5.41, 5.74) is 3.84. The van der Waals surface area contributed by atoms with Crippen LogP contribution in [0.15, 0.2) is 76.7 Å². The van der Waals surface area contributed by atoms with Gasteiger partial charge in [0.25, 0.3) is 0 Å². The van der Waals surface area contributed by atoms with Crippen LogP contribution in [0.25, 0.3) is 0 Å². The number of aryl methyl sites for hydroxylation is 3. The van der Waals surface area contributed by atoms with Gasteiger partial charge in [-0.05, 0) is 56.7 Å². The Hall–Kier alpha value is -3.25. The molecule has 0 aromatic heterocycles. The van der Waals surface area contributed by atoms with Gasteiger partial charge < -0.3 is 4.90 Å². The van der Waals surface area contributed by atoms with Crippen LogP contribution in [0.1, 0.15) is 27.0 Å². The number of anilines is 2. The Labute approximate surface area is 175 Å². The predicted octanol–water partition coefficient (Wildman–Crippen LogP) is 5.40. The highest BCUT2D eigenvalue weighted by Gasteiger charge is 2.36. The zero-order valence-electron chi connectivity index (χ0n) is 16.8. The van der Waals surface area contributed by atoms with Crippen molar-refractivity contribution < 1.29 is 17.6 Å². The number of benzene rings is 3. The lowest BCUT2D eigenvalue weighted by Gasteiger charge is -2.29. The van der Waals surface area contributed by atoms with Gasteiger partial charge in [0.15, 0.2) is 0 Å². The fourth-order valence-corrected chi connectivity index (χ4v) is 5.10. The van der Waals surface area contributed by atoms with E-state index in [4.69, 9.17) is 0 Å². The third kappa shape index (κ3) is 3.33. The normalized spacial score (nSPS) is 14.8. The molecule has 0 saturated carbocycles. The Morgan fingerprint density at radius 3 is 2.20 bits per heavy atom. The fourth-order valence-electron chi connectivity index (χ4n) is 3.58. The van der Waals surface area contributed by atoms with Crippen LogP contribution in [0.4, 0.5) is 15.8 Å². The number of fused-ring (bicyclic) bond motifs is 1. The van der Waals surface area contributed by atoms with Crippen LogP contribution in [0, 0.1) is 26.6 Å². The van der Waals surface area contributed by atoms with E-state index in [2.05, 4.69) is 0 Å². The number of carbonyl (C=O) groups is 1. The quantitative estimate of drug-likeness (QED) is 0.420. The SMILES string of the molecule is Cc1ccc(N2C=C(C(=O)c3ccc(C)cc3C)S(=O)(=O)c3ccc(F)cc32)cc1. The minimum Gasteiger partial charge on any atom is -0.314 e. The van der Waals surface area contributed by atoms with Crippen molar-refractivity contribution in [2.75, 3.05) is 4.90 Å². The second kappa shape index (κ2) is 7.22. The van der Waals surface area contributed by atoms with E-state index < -0.39 is 21.4 Å². The van der Waals surface area contributed by atoms with E-state index in [1.54, 1.807) is 36.1 Å². The van der Waals surface area contributed by atoms with Crippen molar-refractivity contribution >= 4 is 27.0 Å². The van der Waals surface area contributed by atoms with E-state index >= 15 is 0 Å². The van der Waals surface area contributed by atoms with E-state index in [1.165, 1.54) is 18.3 Å². The van der Waals surface area contributed by atoms with E-state index in [-0.39, 0.29) is 15.5 Å². The van der Waals surface area contributed by atoms with Crippen molar-refractivity contribution in [2.45, 2.75) is 25.7 Å². The minimum atomic E-state index is -4.12. The highest BCUT2D eigenvalue weighted by molar-refractivity contribution is 7.96. The number of nitrogens with zero attached hydrogens (tertiary/aromatic N) is 1. The van der Waals surface area contributed by atoms with Gasteiger partial charge in [-0.15, -0.1) is 0 Å². The Morgan fingerprint density at radius 2 is 1.53 bits per heavy atom. The first kappa shape index (κ1) is 20.0. The lowest BCUT2D eigenvalue weighted by atomic mass is 10.0. The number of hydrogen-bond acceptors (Lipinski definition) is 4.